The minimum absolute atomic E-state index is 0.245. The quantitative estimate of drug-likeness (QED) is 0.609. The highest BCUT2D eigenvalue weighted by Gasteiger charge is 2.52. The maximum absolute atomic E-state index is 12.9. The monoisotopic (exact) mass is 258 g/mol. The van der Waals surface area contributed by atoms with E-state index in [4.69, 9.17) is 5.73 Å². The topological polar surface area (TPSA) is 52.8 Å². The van der Waals surface area contributed by atoms with Crippen LogP contribution in [0, 0.1) is 5.41 Å². The highest BCUT2D eigenvalue weighted by Crippen LogP contribution is 2.37. The number of hydrogen-bond donors (Lipinski definition) is 1. The van der Waals surface area contributed by atoms with Crippen molar-refractivity contribution in [2.24, 2.45) is 5.41 Å². The van der Waals surface area contributed by atoms with Crippen LogP contribution in [-0.2, 0) is 0 Å². The van der Waals surface area contributed by atoms with Crippen molar-refractivity contribution < 1.29 is 4.79 Å². The smallest absolute Gasteiger partial charge is 0.172 e. The fraction of sp³-hybridized carbons (Fsp3) is 0.500. The first kappa shape index (κ1) is 11.4. The Morgan fingerprint density at radius 3 is 1.89 bits per heavy atom. The maximum Gasteiger partial charge on any atom is 0.172 e. The summed E-state index contributed by atoms with van der Waals surface area (Å²) in [4.78, 5) is 20.0. The van der Waals surface area contributed by atoms with Crippen molar-refractivity contribution in [2.75, 3.05) is 45.4 Å². The summed E-state index contributed by atoms with van der Waals surface area (Å²) in [6.07, 6.45) is 0. The SMILES string of the molecule is Nc1ccc(C(=O)C23CN4CN(CN(C4)C2)C3)cc1. The Hall–Kier alpha value is -1.43. The van der Waals surface area contributed by atoms with E-state index in [2.05, 4.69) is 14.7 Å². The van der Waals surface area contributed by atoms with Crippen LogP contribution in [0.1, 0.15) is 10.4 Å². The zero-order valence-electron chi connectivity index (χ0n) is 10.9. The highest BCUT2D eigenvalue weighted by molar-refractivity contribution is 6.01. The third-order valence-electron chi connectivity index (χ3n) is 4.43. The molecule has 1 aromatic carbocycles. The van der Waals surface area contributed by atoms with E-state index in [1.165, 1.54) is 0 Å². The van der Waals surface area contributed by atoms with E-state index in [1.54, 1.807) is 0 Å². The van der Waals surface area contributed by atoms with Crippen molar-refractivity contribution >= 4 is 11.5 Å². The molecule has 4 heterocycles. The van der Waals surface area contributed by atoms with Gasteiger partial charge in [0.2, 0.25) is 0 Å². The molecule has 5 nitrogen and oxygen atoms in total. The molecule has 19 heavy (non-hydrogen) atoms. The van der Waals surface area contributed by atoms with Crippen molar-refractivity contribution in [3.63, 3.8) is 0 Å². The van der Waals surface area contributed by atoms with Crippen molar-refractivity contribution in [1.82, 2.24) is 14.7 Å². The summed E-state index contributed by atoms with van der Waals surface area (Å²) in [5.74, 6) is 0.270. The molecule has 4 aliphatic heterocycles. The van der Waals surface area contributed by atoms with Gasteiger partial charge in [-0.15, -0.1) is 0 Å². The minimum Gasteiger partial charge on any atom is -0.399 e. The zero-order valence-corrected chi connectivity index (χ0v) is 10.9. The molecule has 0 unspecified atom stereocenters. The second-order valence-electron chi connectivity index (χ2n) is 6.14. The number of nitrogens with zero attached hydrogens (tertiary/aromatic N) is 3. The van der Waals surface area contributed by atoms with Gasteiger partial charge in [0.25, 0.3) is 0 Å². The molecule has 4 fully saturated rings. The molecule has 0 aromatic heterocycles. The second-order valence-corrected chi connectivity index (χ2v) is 6.14. The Kier molecular flexibility index (Phi) is 2.27. The van der Waals surface area contributed by atoms with Crippen LogP contribution in [0.3, 0.4) is 0 Å². The second kappa shape index (κ2) is 3.79. The average Bonchev–Trinajstić information content (AvgIpc) is 2.37. The van der Waals surface area contributed by atoms with Gasteiger partial charge in [0.15, 0.2) is 5.78 Å². The van der Waals surface area contributed by atoms with Gasteiger partial charge in [-0.05, 0) is 24.3 Å². The van der Waals surface area contributed by atoms with Crippen LogP contribution < -0.4 is 5.73 Å². The largest absolute Gasteiger partial charge is 0.399 e. The van der Waals surface area contributed by atoms with Crippen LogP contribution in [0.25, 0.3) is 0 Å². The summed E-state index contributed by atoms with van der Waals surface area (Å²) in [5, 5.41) is 0. The predicted octanol–water partition coefficient (Wildman–Crippen LogP) is 0.257. The van der Waals surface area contributed by atoms with E-state index in [1.807, 2.05) is 24.3 Å². The Balaban J connectivity index is 1.68. The lowest BCUT2D eigenvalue weighted by Gasteiger charge is -2.59. The first-order valence-corrected chi connectivity index (χ1v) is 6.72. The Bertz CT molecular complexity index is 489. The molecule has 5 rings (SSSR count). The molecular formula is C14H18N4O. The number of anilines is 1. The fourth-order valence-corrected chi connectivity index (χ4v) is 3.87. The minimum atomic E-state index is -0.245. The molecule has 1 aromatic rings. The molecule has 4 saturated heterocycles. The van der Waals surface area contributed by atoms with Gasteiger partial charge in [0, 0.05) is 30.9 Å². The molecule has 0 spiro atoms. The molecular weight excluding hydrogens is 240 g/mol. The molecule has 4 aliphatic rings. The van der Waals surface area contributed by atoms with Gasteiger partial charge in [-0.3, -0.25) is 19.5 Å². The molecule has 100 valence electrons. The van der Waals surface area contributed by atoms with Crippen molar-refractivity contribution in [2.45, 2.75) is 0 Å². The summed E-state index contributed by atoms with van der Waals surface area (Å²) < 4.78 is 0. The highest BCUT2D eigenvalue weighted by atomic mass is 16.1. The summed E-state index contributed by atoms with van der Waals surface area (Å²) in [7, 11) is 0. The molecule has 2 N–H and O–H groups in total. The van der Waals surface area contributed by atoms with E-state index in [9.17, 15) is 4.79 Å². The number of rotatable bonds is 2. The molecule has 0 saturated carbocycles. The summed E-state index contributed by atoms with van der Waals surface area (Å²) in [6, 6.07) is 7.34. The molecule has 0 amide bonds. The van der Waals surface area contributed by atoms with Crippen molar-refractivity contribution in [1.29, 1.82) is 0 Å². The van der Waals surface area contributed by atoms with Gasteiger partial charge in [0.05, 0.1) is 25.4 Å². The van der Waals surface area contributed by atoms with Crippen LogP contribution in [0.4, 0.5) is 5.69 Å². The average molecular weight is 258 g/mol. The molecule has 4 bridgehead atoms. The Morgan fingerprint density at radius 1 is 0.947 bits per heavy atom. The number of hydrogen-bond acceptors (Lipinski definition) is 5. The van der Waals surface area contributed by atoms with Crippen molar-refractivity contribution in [3.05, 3.63) is 29.8 Å². The fourth-order valence-electron chi connectivity index (χ4n) is 3.87. The number of benzene rings is 1. The van der Waals surface area contributed by atoms with Gasteiger partial charge in [0.1, 0.15) is 0 Å². The first-order chi connectivity index (χ1) is 9.14. The van der Waals surface area contributed by atoms with Gasteiger partial charge in [-0.1, -0.05) is 0 Å². The number of Topliss-reactive ketones (excluding diaryl/α,β-unsaturated/α-hetero) is 1. The van der Waals surface area contributed by atoms with Gasteiger partial charge in [-0.25, -0.2) is 0 Å². The van der Waals surface area contributed by atoms with Gasteiger partial charge < -0.3 is 5.73 Å². The van der Waals surface area contributed by atoms with Gasteiger partial charge >= 0.3 is 0 Å². The molecule has 0 atom stereocenters. The van der Waals surface area contributed by atoms with E-state index >= 15 is 0 Å². The molecule has 0 radical (unpaired) electrons. The predicted molar refractivity (Wildman–Crippen MR) is 72.3 cm³/mol. The van der Waals surface area contributed by atoms with E-state index in [0.29, 0.717) is 5.69 Å². The maximum atomic E-state index is 12.9. The van der Waals surface area contributed by atoms with E-state index in [0.717, 1.165) is 45.2 Å². The lowest BCUT2D eigenvalue weighted by atomic mass is 9.75. The molecule has 5 heteroatoms. The Labute approximate surface area is 112 Å². The zero-order chi connectivity index (χ0) is 13.0. The number of nitrogens with two attached hydrogens (primary N) is 1. The summed E-state index contributed by atoms with van der Waals surface area (Å²) in [6.45, 7) is 5.70. The van der Waals surface area contributed by atoms with E-state index < -0.39 is 0 Å². The third-order valence-corrected chi connectivity index (χ3v) is 4.43. The normalized spacial score (nSPS) is 39.5. The lowest BCUT2D eigenvalue weighted by Crippen LogP contribution is -2.74. The van der Waals surface area contributed by atoms with E-state index in [-0.39, 0.29) is 11.2 Å². The number of carbonyl (C=O) groups excluding carboxylic acids is 1. The van der Waals surface area contributed by atoms with Crippen LogP contribution in [0.2, 0.25) is 0 Å². The molecule has 0 aliphatic carbocycles. The van der Waals surface area contributed by atoms with Crippen LogP contribution in [-0.4, -0.2) is 60.1 Å². The number of carbonyl (C=O) groups is 1. The standard InChI is InChI=1S/C14H18N4O/c15-12-3-1-11(2-4-12)13(19)14-5-16-8-17(6-14)10-18(7-14)9-16/h1-4H,5-10,15H2. The van der Waals surface area contributed by atoms with Crippen LogP contribution in [0.5, 0.6) is 0 Å². The summed E-state index contributed by atoms with van der Waals surface area (Å²) in [5.41, 5.74) is 6.95. The van der Waals surface area contributed by atoms with Crippen molar-refractivity contribution in [3.8, 4) is 0 Å². The number of nitrogen functional groups attached to an aromatic ring is 1. The third kappa shape index (κ3) is 1.69. The van der Waals surface area contributed by atoms with Crippen LogP contribution in [0.15, 0.2) is 24.3 Å². The first-order valence-electron chi connectivity index (χ1n) is 6.72. The van der Waals surface area contributed by atoms with Crippen LogP contribution >= 0.6 is 0 Å². The number of ketones is 1. The summed E-state index contributed by atoms with van der Waals surface area (Å²) >= 11 is 0. The Morgan fingerprint density at radius 2 is 1.42 bits per heavy atom. The van der Waals surface area contributed by atoms with Gasteiger partial charge in [-0.2, -0.15) is 0 Å². The lowest BCUT2D eigenvalue weighted by molar-refractivity contribution is -0.155.